The van der Waals surface area contributed by atoms with Gasteiger partial charge in [0.15, 0.2) is 0 Å². The number of aliphatic imine (C=N–C) groups is 1. The van der Waals surface area contributed by atoms with Crippen LogP contribution in [0, 0.1) is 0 Å². The minimum Gasteiger partial charge on any atom is -0.455 e. The highest BCUT2D eigenvalue weighted by Crippen LogP contribution is 2.43. The van der Waals surface area contributed by atoms with Gasteiger partial charge >= 0.3 is 0 Å². The van der Waals surface area contributed by atoms with E-state index in [9.17, 15) is 0 Å². The molecule has 11 rings (SSSR count). The summed E-state index contributed by atoms with van der Waals surface area (Å²) in [6.45, 7) is 0. The average Bonchev–Trinajstić information content (AvgIpc) is 3.82. The van der Waals surface area contributed by atoms with Crippen LogP contribution in [0.5, 0.6) is 0 Å². The number of para-hydroxylation sites is 5. The number of nitrogens with one attached hydrogen (secondary N) is 1. The number of aromatic nitrogens is 2. The lowest BCUT2D eigenvalue weighted by Gasteiger charge is -2.30. The summed E-state index contributed by atoms with van der Waals surface area (Å²) in [6, 6.07) is 55.8. The fourth-order valence-electron chi connectivity index (χ4n) is 8.04. The van der Waals surface area contributed by atoms with Gasteiger partial charge < -0.3 is 18.9 Å². The summed E-state index contributed by atoms with van der Waals surface area (Å²) in [5.74, 6) is 0. The standard InChI is InChI=1S/C44H28N4O/c1-2-12-27(13-3-1)42-44(46-35-18-8-7-17-34(35)45-42)48-36-19-9-4-14-29(36)33-26-28(22-24-38(33)48)47-37-20-10-5-16-32(37)41-39(47)25-23-31-30-15-6-11-21-40(30)49-43(31)41/h1-26,44,46H. The molecule has 0 saturated carbocycles. The zero-order valence-electron chi connectivity index (χ0n) is 26.3. The van der Waals surface area contributed by atoms with Crippen LogP contribution in [0.3, 0.4) is 0 Å². The van der Waals surface area contributed by atoms with Crippen molar-refractivity contribution in [3.05, 3.63) is 163 Å². The molecular weight excluding hydrogens is 601 g/mol. The normalized spacial score (nSPS) is 14.6. The Bertz CT molecular complexity index is 2980. The lowest BCUT2D eigenvalue weighted by atomic mass is 10.0. The first-order valence-electron chi connectivity index (χ1n) is 16.7. The third kappa shape index (κ3) is 3.72. The molecule has 230 valence electrons. The van der Waals surface area contributed by atoms with E-state index in [1.54, 1.807) is 0 Å². The van der Waals surface area contributed by atoms with Crippen molar-refractivity contribution < 1.29 is 4.42 Å². The summed E-state index contributed by atoms with van der Waals surface area (Å²) < 4.78 is 11.4. The van der Waals surface area contributed by atoms with Gasteiger partial charge in [-0.25, -0.2) is 4.99 Å². The van der Waals surface area contributed by atoms with Crippen LogP contribution in [-0.2, 0) is 0 Å². The van der Waals surface area contributed by atoms with E-state index < -0.39 is 0 Å². The van der Waals surface area contributed by atoms with E-state index >= 15 is 0 Å². The van der Waals surface area contributed by atoms with E-state index in [1.165, 1.54) is 16.2 Å². The SMILES string of the molecule is c1ccc(C2=Nc3ccccc3NC2n2c3ccccc3c3cc(-n4c5ccccc5c5c6oc7ccccc7c6ccc54)ccc32)cc1. The van der Waals surface area contributed by atoms with Crippen molar-refractivity contribution in [2.45, 2.75) is 6.17 Å². The first-order valence-corrected chi connectivity index (χ1v) is 16.7. The predicted molar refractivity (Wildman–Crippen MR) is 203 cm³/mol. The van der Waals surface area contributed by atoms with Gasteiger partial charge in [-0.1, -0.05) is 97.1 Å². The minimum absolute atomic E-state index is 0.208. The van der Waals surface area contributed by atoms with Crippen LogP contribution in [-0.4, -0.2) is 14.8 Å². The molecule has 0 bridgehead atoms. The molecular formula is C44H28N4O. The summed E-state index contributed by atoms with van der Waals surface area (Å²) in [5, 5.41) is 10.9. The Morgan fingerprint density at radius 3 is 2.12 bits per heavy atom. The van der Waals surface area contributed by atoms with E-state index in [2.05, 4.69) is 160 Å². The third-order valence-corrected chi connectivity index (χ3v) is 10.2. The predicted octanol–water partition coefficient (Wildman–Crippen LogP) is 11.5. The maximum atomic E-state index is 6.56. The van der Waals surface area contributed by atoms with E-state index in [-0.39, 0.29) is 6.17 Å². The maximum Gasteiger partial charge on any atom is 0.148 e. The molecule has 49 heavy (non-hydrogen) atoms. The second kappa shape index (κ2) is 9.96. The molecule has 1 unspecified atom stereocenters. The Balaban J connectivity index is 1.17. The molecule has 4 heterocycles. The van der Waals surface area contributed by atoms with Crippen molar-refractivity contribution in [1.29, 1.82) is 0 Å². The van der Waals surface area contributed by atoms with Crippen LogP contribution in [0.1, 0.15) is 11.7 Å². The summed E-state index contributed by atoms with van der Waals surface area (Å²) in [7, 11) is 0. The lowest BCUT2D eigenvalue weighted by molar-refractivity contribution is 0.673. The molecule has 10 aromatic rings. The van der Waals surface area contributed by atoms with Crippen molar-refractivity contribution >= 4 is 82.6 Å². The van der Waals surface area contributed by atoms with Gasteiger partial charge in [0.2, 0.25) is 0 Å². The van der Waals surface area contributed by atoms with Gasteiger partial charge in [-0.05, 0) is 60.7 Å². The zero-order valence-corrected chi connectivity index (χ0v) is 26.3. The van der Waals surface area contributed by atoms with Crippen molar-refractivity contribution in [2.24, 2.45) is 4.99 Å². The van der Waals surface area contributed by atoms with Crippen molar-refractivity contribution in [3.8, 4) is 5.69 Å². The molecule has 5 heteroatoms. The molecule has 0 spiro atoms. The summed E-state index contributed by atoms with van der Waals surface area (Å²) in [6.07, 6.45) is -0.208. The van der Waals surface area contributed by atoms with Gasteiger partial charge in [-0.15, -0.1) is 0 Å². The van der Waals surface area contributed by atoms with Crippen LogP contribution in [0.4, 0.5) is 11.4 Å². The van der Waals surface area contributed by atoms with Crippen LogP contribution < -0.4 is 5.32 Å². The monoisotopic (exact) mass is 628 g/mol. The number of furan rings is 1. The molecule has 1 atom stereocenters. The molecule has 0 fully saturated rings. The highest BCUT2D eigenvalue weighted by Gasteiger charge is 2.28. The fraction of sp³-hybridized carbons (Fsp3) is 0.0227. The van der Waals surface area contributed by atoms with E-state index in [0.29, 0.717) is 0 Å². The van der Waals surface area contributed by atoms with Gasteiger partial charge in [0, 0.05) is 38.2 Å². The average molecular weight is 629 g/mol. The number of hydrogen-bond acceptors (Lipinski definition) is 3. The second-order valence-corrected chi connectivity index (χ2v) is 12.8. The maximum absolute atomic E-state index is 6.56. The van der Waals surface area contributed by atoms with E-state index in [4.69, 9.17) is 9.41 Å². The largest absolute Gasteiger partial charge is 0.455 e. The van der Waals surface area contributed by atoms with Gasteiger partial charge in [-0.3, -0.25) is 0 Å². The van der Waals surface area contributed by atoms with Crippen LogP contribution in [0.2, 0.25) is 0 Å². The summed E-state index contributed by atoms with van der Waals surface area (Å²) >= 11 is 0. The quantitative estimate of drug-likeness (QED) is 0.212. The number of benzene rings is 7. The van der Waals surface area contributed by atoms with Crippen LogP contribution in [0.25, 0.3) is 71.2 Å². The minimum atomic E-state index is -0.208. The number of fused-ring (bicyclic) bond motifs is 11. The van der Waals surface area contributed by atoms with Gasteiger partial charge in [0.05, 0.1) is 44.5 Å². The molecule has 0 amide bonds. The van der Waals surface area contributed by atoms with Crippen LogP contribution >= 0.6 is 0 Å². The molecule has 1 aliphatic rings. The Hall–Kier alpha value is -6.59. The van der Waals surface area contributed by atoms with Gasteiger partial charge in [0.1, 0.15) is 17.3 Å². The molecule has 0 aliphatic carbocycles. The molecule has 7 aromatic carbocycles. The molecule has 5 nitrogen and oxygen atoms in total. The Kier molecular flexibility index (Phi) is 5.38. The summed E-state index contributed by atoms with van der Waals surface area (Å²) in [5.41, 5.74) is 11.6. The van der Waals surface area contributed by atoms with E-state index in [1.807, 2.05) is 12.1 Å². The zero-order chi connectivity index (χ0) is 32.1. The lowest BCUT2D eigenvalue weighted by Crippen LogP contribution is -2.30. The highest BCUT2D eigenvalue weighted by molar-refractivity contribution is 6.24. The van der Waals surface area contributed by atoms with Crippen molar-refractivity contribution in [3.63, 3.8) is 0 Å². The van der Waals surface area contributed by atoms with Crippen molar-refractivity contribution in [1.82, 2.24) is 9.13 Å². The molecule has 1 N–H and O–H groups in total. The fourth-order valence-corrected chi connectivity index (χ4v) is 8.04. The van der Waals surface area contributed by atoms with Crippen molar-refractivity contribution in [2.75, 3.05) is 5.32 Å². The second-order valence-electron chi connectivity index (χ2n) is 12.8. The summed E-state index contributed by atoms with van der Waals surface area (Å²) in [4.78, 5) is 5.25. The topological polar surface area (TPSA) is 47.4 Å². The van der Waals surface area contributed by atoms with E-state index in [0.717, 1.165) is 77.7 Å². The first-order chi connectivity index (χ1) is 24.3. The third-order valence-electron chi connectivity index (χ3n) is 10.2. The molecule has 0 radical (unpaired) electrons. The van der Waals surface area contributed by atoms with Crippen LogP contribution in [0.15, 0.2) is 167 Å². The van der Waals surface area contributed by atoms with Gasteiger partial charge in [0.25, 0.3) is 0 Å². The Morgan fingerprint density at radius 1 is 0.531 bits per heavy atom. The highest BCUT2D eigenvalue weighted by atomic mass is 16.3. The Labute approximate surface area is 280 Å². The Morgan fingerprint density at radius 2 is 1.22 bits per heavy atom. The first kappa shape index (κ1) is 26.5. The molecule has 0 saturated heterocycles. The number of nitrogens with zero attached hydrogens (tertiary/aromatic N) is 3. The molecule has 3 aromatic heterocycles. The number of hydrogen-bond donors (Lipinski definition) is 1. The number of rotatable bonds is 3. The molecule has 1 aliphatic heterocycles. The smallest absolute Gasteiger partial charge is 0.148 e. The van der Waals surface area contributed by atoms with Gasteiger partial charge in [-0.2, -0.15) is 0 Å². The number of anilines is 1.